The number of aryl methyl sites for hydroxylation is 2. The summed E-state index contributed by atoms with van der Waals surface area (Å²) in [5.41, 5.74) is 4.73. The third-order valence-electron chi connectivity index (χ3n) is 4.18. The maximum atomic E-state index is 10.5. The second-order valence-electron chi connectivity index (χ2n) is 5.41. The first-order valence-electron chi connectivity index (χ1n) is 6.92. The van der Waals surface area contributed by atoms with Crippen molar-refractivity contribution in [2.24, 2.45) is 5.92 Å². The van der Waals surface area contributed by atoms with Crippen molar-refractivity contribution in [2.45, 2.75) is 32.3 Å². The zero-order valence-electron chi connectivity index (χ0n) is 11.2. The van der Waals surface area contributed by atoms with Gasteiger partial charge in [-0.15, -0.1) is 0 Å². The predicted octanol–water partition coefficient (Wildman–Crippen LogP) is 3.23. The molecule has 0 amide bonds. The third kappa shape index (κ3) is 2.41. The van der Waals surface area contributed by atoms with E-state index in [1.807, 2.05) is 18.3 Å². The second kappa shape index (κ2) is 5.14. The van der Waals surface area contributed by atoms with Crippen LogP contribution in [0, 0.1) is 12.8 Å². The van der Waals surface area contributed by atoms with Gasteiger partial charge in [-0.2, -0.15) is 0 Å². The smallest absolute Gasteiger partial charge is 0.0824 e. The molecule has 2 unspecified atom stereocenters. The molecule has 2 aromatic rings. The number of aliphatic hydroxyl groups excluding tert-OH is 1. The minimum Gasteiger partial charge on any atom is -0.388 e. The highest BCUT2D eigenvalue weighted by atomic mass is 16.3. The SMILES string of the molecule is Cc1cccnc1CC1CCc2ccccc2C1O. The molecule has 1 aliphatic carbocycles. The molecule has 98 valence electrons. The van der Waals surface area contributed by atoms with Crippen molar-refractivity contribution in [2.75, 3.05) is 0 Å². The summed E-state index contributed by atoms with van der Waals surface area (Å²) in [5.74, 6) is 0.281. The maximum Gasteiger partial charge on any atom is 0.0824 e. The molecule has 2 atom stereocenters. The van der Waals surface area contributed by atoms with Gasteiger partial charge >= 0.3 is 0 Å². The average molecular weight is 253 g/mol. The predicted molar refractivity (Wildman–Crippen MR) is 75.9 cm³/mol. The Morgan fingerprint density at radius 1 is 1.21 bits per heavy atom. The third-order valence-corrected chi connectivity index (χ3v) is 4.18. The molecule has 1 aromatic heterocycles. The first-order chi connectivity index (χ1) is 9.25. The average Bonchev–Trinajstić information content (AvgIpc) is 2.44. The molecule has 1 aliphatic rings. The number of aromatic nitrogens is 1. The van der Waals surface area contributed by atoms with Crippen LogP contribution in [0.25, 0.3) is 0 Å². The van der Waals surface area contributed by atoms with E-state index in [4.69, 9.17) is 0 Å². The Hall–Kier alpha value is -1.67. The number of benzene rings is 1. The molecule has 3 rings (SSSR count). The number of hydrogen-bond donors (Lipinski definition) is 1. The van der Waals surface area contributed by atoms with Gasteiger partial charge in [0.1, 0.15) is 0 Å². The molecule has 0 saturated carbocycles. The summed E-state index contributed by atoms with van der Waals surface area (Å²) >= 11 is 0. The Labute approximate surface area is 114 Å². The molecule has 2 nitrogen and oxygen atoms in total. The highest BCUT2D eigenvalue weighted by Crippen LogP contribution is 2.36. The number of fused-ring (bicyclic) bond motifs is 1. The van der Waals surface area contributed by atoms with Crippen molar-refractivity contribution in [3.05, 3.63) is 65.0 Å². The summed E-state index contributed by atoms with van der Waals surface area (Å²) in [6.07, 6.45) is 4.44. The van der Waals surface area contributed by atoms with Gasteiger partial charge in [0, 0.05) is 11.9 Å². The number of rotatable bonds is 2. The Balaban J connectivity index is 1.83. The Morgan fingerprint density at radius 3 is 2.89 bits per heavy atom. The van der Waals surface area contributed by atoms with Crippen molar-refractivity contribution in [3.63, 3.8) is 0 Å². The molecule has 0 radical (unpaired) electrons. The van der Waals surface area contributed by atoms with Crippen LogP contribution in [0.4, 0.5) is 0 Å². The highest BCUT2D eigenvalue weighted by Gasteiger charge is 2.28. The van der Waals surface area contributed by atoms with E-state index in [0.717, 1.165) is 30.5 Å². The van der Waals surface area contributed by atoms with Crippen molar-refractivity contribution < 1.29 is 5.11 Å². The number of nitrogens with zero attached hydrogens (tertiary/aromatic N) is 1. The summed E-state index contributed by atoms with van der Waals surface area (Å²) in [6.45, 7) is 2.09. The number of hydrogen-bond acceptors (Lipinski definition) is 2. The summed E-state index contributed by atoms with van der Waals surface area (Å²) in [6, 6.07) is 12.3. The van der Waals surface area contributed by atoms with Crippen molar-refractivity contribution in [1.82, 2.24) is 4.98 Å². The van der Waals surface area contributed by atoms with Gasteiger partial charge in [-0.1, -0.05) is 30.3 Å². The van der Waals surface area contributed by atoms with E-state index >= 15 is 0 Å². The van der Waals surface area contributed by atoms with Crippen molar-refractivity contribution in [3.8, 4) is 0 Å². The Bertz CT molecular complexity index is 579. The fourth-order valence-corrected chi connectivity index (χ4v) is 3.00. The van der Waals surface area contributed by atoms with Crippen molar-refractivity contribution >= 4 is 0 Å². The molecule has 1 aromatic carbocycles. The Morgan fingerprint density at radius 2 is 2.05 bits per heavy atom. The van der Waals surface area contributed by atoms with E-state index in [0.29, 0.717) is 0 Å². The second-order valence-corrected chi connectivity index (χ2v) is 5.41. The van der Waals surface area contributed by atoms with Crippen LogP contribution >= 0.6 is 0 Å². The van der Waals surface area contributed by atoms with Crippen LogP contribution in [0.2, 0.25) is 0 Å². The van der Waals surface area contributed by atoms with E-state index < -0.39 is 0 Å². The first kappa shape index (κ1) is 12.4. The van der Waals surface area contributed by atoms with E-state index in [1.165, 1.54) is 11.1 Å². The van der Waals surface area contributed by atoms with E-state index in [9.17, 15) is 5.11 Å². The van der Waals surface area contributed by atoms with Crippen LogP contribution < -0.4 is 0 Å². The van der Waals surface area contributed by atoms with E-state index in [-0.39, 0.29) is 12.0 Å². The summed E-state index contributed by atoms with van der Waals surface area (Å²) in [7, 11) is 0. The normalized spacial score (nSPS) is 22.0. The van der Waals surface area contributed by atoms with Crippen LogP contribution in [0.3, 0.4) is 0 Å². The van der Waals surface area contributed by atoms with Crippen LogP contribution in [-0.2, 0) is 12.8 Å². The molecule has 2 heteroatoms. The standard InChI is InChI=1S/C17H19NO/c1-12-5-4-10-18-16(12)11-14-9-8-13-6-2-3-7-15(13)17(14)19/h2-7,10,14,17,19H,8-9,11H2,1H3. The number of aliphatic hydroxyl groups is 1. The molecule has 1 heterocycles. The van der Waals surface area contributed by atoms with Gasteiger partial charge in [0.15, 0.2) is 0 Å². The van der Waals surface area contributed by atoms with Gasteiger partial charge in [0.05, 0.1) is 6.10 Å². The zero-order valence-corrected chi connectivity index (χ0v) is 11.2. The molecule has 1 N–H and O–H groups in total. The lowest BCUT2D eigenvalue weighted by Crippen LogP contribution is -2.23. The molecule has 0 aliphatic heterocycles. The zero-order chi connectivity index (χ0) is 13.2. The van der Waals surface area contributed by atoms with Crippen LogP contribution in [0.1, 0.15) is 34.9 Å². The lowest BCUT2D eigenvalue weighted by Gasteiger charge is -2.30. The van der Waals surface area contributed by atoms with Gasteiger partial charge in [-0.3, -0.25) is 4.98 Å². The minimum absolute atomic E-state index is 0.281. The largest absolute Gasteiger partial charge is 0.388 e. The summed E-state index contributed by atoms with van der Waals surface area (Å²) in [5, 5.41) is 10.5. The number of pyridine rings is 1. The molecular weight excluding hydrogens is 234 g/mol. The fourth-order valence-electron chi connectivity index (χ4n) is 3.00. The first-order valence-corrected chi connectivity index (χ1v) is 6.92. The lowest BCUT2D eigenvalue weighted by molar-refractivity contribution is 0.0930. The molecular formula is C17H19NO. The van der Waals surface area contributed by atoms with E-state index in [1.54, 1.807) is 0 Å². The van der Waals surface area contributed by atoms with Gasteiger partial charge in [0.2, 0.25) is 0 Å². The van der Waals surface area contributed by atoms with Gasteiger partial charge < -0.3 is 5.11 Å². The van der Waals surface area contributed by atoms with E-state index in [2.05, 4.69) is 36.2 Å². The fraction of sp³-hybridized carbons (Fsp3) is 0.353. The summed E-state index contributed by atoms with van der Waals surface area (Å²) in [4.78, 5) is 4.45. The topological polar surface area (TPSA) is 33.1 Å². The van der Waals surface area contributed by atoms with Crippen LogP contribution in [0.15, 0.2) is 42.6 Å². The molecule has 0 fully saturated rings. The van der Waals surface area contributed by atoms with Gasteiger partial charge in [-0.05, 0) is 54.9 Å². The highest BCUT2D eigenvalue weighted by molar-refractivity contribution is 5.32. The minimum atomic E-state index is -0.355. The van der Waals surface area contributed by atoms with Crippen LogP contribution in [0.5, 0.6) is 0 Å². The maximum absolute atomic E-state index is 10.5. The molecule has 0 spiro atoms. The quantitative estimate of drug-likeness (QED) is 0.891. The Kier molecular flexibility index (Phi) is 3.34. The molecule has 19 heavy (non-hydrogen) atoms. The lowest BCUT2D eigenvalue weighted by atomic mass is 9.79. The van der Waals surface area contributed by atoms with Crippen molar-refractivity contribution in [1.29, 1.82) is 0 Å². The molecule has 0 bridgehead atoms. The van der Waals surface area contributed by atoms with Crippen LogP contribution in [-0.4, -0.2) is 10.1 Å². The monoisotopic (exact) mass is 253 g/mol. The molecule has 0 saturated heterocycles. The van der Waals surface area contributed by atoms with Gasteiger partial charge in [0.25, 0.3) is 0 Å². The van der Waals surface area contributed by atoms with Gasteiger partial charge in [-0.25, -0.2) is 0 Å². The summed E-state index contributed by atoms with van der Waals surface area (Å²) < 4.78 is 0.